The summed E-state index contributed by atoms with van der Waals surface area (Å²) >= 11 is 0. The van der Waals surface area contributed by atoms with Gasteiger partial charge in [0, 0.05) is 11.3 Å². The molecule has 0 heterocycles. The number of halogens is 4. The monoisotopic (exact) mass is 299 g/mol. The summed E-state index contributed by atoms with van der Waals surface area (Å²) in [7, 11) is 0. The zero-order valence-electron chi connectivity index (χ0n) is 11.1. The van der Waals surface area contributed by atoms with E-state index < -0.39 is 24.3 Å². The zero-order chi connectivity index (χ0) is 15.4. The molecule has 2 aromatic carbocycles. The van der Waals surface area contributed by atoms with Crippen molar-refractivity contribution >= 4 is 5.69 Å². The van der Waals surface area contributed by atoms with Crippen molar-refractivity contribution in [3.63, 3.8) is 0 Å². The van der Waals surface area contributed by atoms with Crippen LogP contribution in [-0.2, 0) is 0 Å². The fourth-order valence-corrected chi connectivity index (χ4v) is 1.92. The largest absolute Gasteiger partial charge is 0.435 e. The number of hydrogen-bond donors (Lipinski definition) is 1. The molecular weight excluding hydrogens is 286 g/mol. The van der Waals surface area contributed by atoms with E-state index in [1.807, 2.05) is 0 Å². The normalized spacial score (nSPS) is 12.3. The molecule has 0 aliphatic rings. The summed E-state index contributed by atoms with van der Waals surface area (Å²) in [6, 6.07) is 9.23. The van der Waals surface area contributed by atoms with Crippen molar-refractivity contribution in [2.24, 2.45) is 0 Å². The summed E-state index contributed by atoms with van der Waals surface area (Å²) in [4.78, 5) is 0. The Morgan fingerprint density at radius 1 is 1.00 bits per heavy atom. The van der Waals surface area contributed by atoms with Gasteiger partial charge in [0.1, 0.15) is 5.75 Å². The molecule has 0 fully saturated rings. The summed E-state index contributed by atoms with van der Waals surface area (Å²) in [6.45, 7) is -1.22. The van der Waals surface area contributed by atoms with Gasteiger partial charge in [0.05, 0.1) is 6.04 Å². The molecule has 6 heteroatoms. The summed E-state index contributed by atoms with van der Waals surface area (Å²) in [5, 5.41) is 2.96. The molecule has 21 heavy (non-hydrogen) atoms. The van der Waals surface area contributed by atoms with Crippen molar-refractivity contribution in [1.29, 1.82) is 0 Å². The number of alkyl halides is 2. The number of nitrogens with one attached hydrogen (secondary N) is 1. The second-order valence-corrected chi connectivity index (χ2v) is 4.41. The lowest BCUT2D eigenvalue weighted by molar-refractivity contribution is -0.0498. The van der Waals surface area contributed by atoms with E-state index in [2.05, 4.69) is 10.1 Å². The average Bonchev–Trinajstić information content (AvgIpc) is 2.43. The van der Waals surface area contributed by atoms with Crippen molar-refractivity contribution in [1.82, 2.24) is 0 Å². The van der Waals surface area contributed by atoms with Crippen LogP contribution in [0.15, 0.2) is 42.5 Å². The van der Waals surface area contributed by atoms with Gasteiger partial charge in [0.25, 0.3) is 0 Å². The SMILES string of the molecule is CC(Nc1ccc(OC(F)F)cc1)c1cccc(F)c1F. The van der Waals surface area contributed by atoms with Crippen LogP contribution in [0.2, 0.25) is 0 Å². The predicted molar refractivity (Wildman–Crippen MR) is 71.5 cm³/mol. The maximum absolute atomic E-state index is 13.6. The topological polar surface area (TPSA) is 21.3 Å². The molecule has 2 aromatic rings. The zero-order valence-corrected chi connectivity index (χ0v) is 11.1. The van der Waals surface area contributed by atoms with Crippen LogP contribution >= 0.6 is 0 Å². The lowest BCUT2D eigenvalue weighted by atomic mass is 10.1. The van der Waals surface area contributed by atoms with Gasteiger partial charge in [-0.2, -0.15) is 8.78 Å². The second kappa shape index (κ2) is 6.47. The second-order valence-electron chi connectivity index (χ2n) is 4.41. The van der Waals surface area contributed by atoms with Crippen LogP contribution < -0.4 is 10.1 Å². The van der Waals surface area contributed by atoms with Gasteiger partial charge < -0.3 is 10.1 Å². The van der Waals surface area contributed by atoms with E-state index in [9.17, 15) is 17.6 Å². The molecule has 1 unspecified atom stereocenters. The first-order valence-corrected chi connectivity index (χ1v) is 6.22. The highest BCUT2D eigenvalue weighted by atomic mass is 19.3. The molecule has 0 saturated heterocycles. The Balaban J connectivity index is 2.09. The Hall–Kier alpha value is -2.24. The molecule has 0 radical (unpaired) electrons. The summed E-state index contributed by atoms with van der Waals surface area (Å²) in [6.07, 6.45) is 0. The minimum absolute atomic E-state index is 0.0279. The molecule has 2 nitrogen and oxygen atoms in total. The van der Waals surface area contributed by atoms with Crippen LogP contribution in [0.25, 0.3) is 0 Å². The van der Waals surface area contributed by atoms with Crippen LogP contribution in [0, 0.1) is 11.6 Å². The van der Waals surface area contributed by atoms with Gasteiger partial charge in [0.15, 0.2) is 11.6 Å². The fraction of sp³-hybridized carbons (Fsp3) is 0.200. The van der Waals surface area contributed by atoms with Gasteiger partial charge in [-0.1, -0.05) is 12.1 Å². The minimum atomic E-state index is -2.89. The Kier molecular flexibility index (Phi) is 4.67. The van der Waals surface area contributed by atoms with E-state index >= 15 is 0 Å². The number of benzene rings is 2. The molecule has 1 N–H and O–H groups in total. The molecule has 0 bridgehead atoms. The number of anilines is 1. The van der Waals surface area contributed by atoms with Gasteiger partial charge >= 0.3 is 6.61 Å². The van der Waals surface area contributed by atoms with Crippen LogP contribution in [-0.4, -0.2) is 6.61 Å². The van der Waals surface area contributed by atoms with Crippen molar-refractivity contribution < 1.29 is 22.3 Å². The Morgan fingerprint density at radius 2 is 1.67 bits per heavy atom. The maximum Gasteiger partial charge on any atom is 0.387 e. The molecule has 0 saturated carbocycles. The summed E-state index contributed by atoms with van der Waals surface area (Å²) in [5.41, 5.74) is 0.760. The van der Waals surface area contributed by atoms with Crippen LogP contribution in [0.3, 0.4) is 0 Å². The smallest absolute Gasteiger partial charge is 0.387 e. The fourth-order valence-electron chi connectivity index (χ4n) is 1.92. The average molecular weight is 299 g/mol. The van der Waals surface area contributed by atoms with Crippen molar-refractivity contribution in [2.75, 3.05) is 5.32 Å². The number of ether oxygens (including phenoxy) is 1. The van der Waals surface area contributed by atoms with E-state index in [1.165, 1.54) is 36.4 Å². The molecule has 2 rings (SSSR count). The molecule has 0 aromatic heterocycles. The third-order valence-electron chi connectivity index (χ3n) is 2.91. The Bertz CT molecular complexity index is 601. The standard InChI is InChI=1S/C15H13F4NO/c1-9(12-3-2-4-13(16)14(12)17)20-10-5-7-11(8-6-10)21-15(18)19/h2-9,15,20H,1H3. The first-order chi connectivity index (χ1) is 9.97. The molecule has 0 spiro atoms. The molecule has 112 valence electrons. The highest BCUT2D eigenvalue weighted by Gasteiger charge is 2.14. The van der Waals surface area contributed by atoms with Crippen molar-refractivity contribution in [3.05, 3.63) is 59.7 Å². The van der Waals surface area contributed by atoms with Gasteiger partial charge in [-0.15, -0.1) is 0 Å². The first kappa shape index (κ1) is 15.2. The highest BCUT2D eigenvalue weighted by Crippen LogP contribution is 2.24. The third-order valence-corrected chi connectivity index (χ3v) is 2.91. The summed E-state index contributed by atoms with van der Waals surface area (Å²) in [5.74, 6) is -1.79. The van der Waals surface area contributed by atoms with E-state index in [-0.39, 0.29) is 11.3 Å². The van der Waals surface area contributed by atoms with E-state index in [1.54, 1.807) is 6.92 Å². The van der Waals surface area contributed by atoms with Crippen LogP contribution in [0.4, 0.5) is 23.2 Å². The molecular formula is C15H13F4NO. The van der Waals surface area contributed by atoms with E-state index in [0.717, 1.165) is 6.07 Å². The van der Waals surface area contributed by atoms with Gasteiger partial charge in [-0.05, 0) is 37.3 Å². The quantitative estimate of drug-likeness (QED) is 0.805. The Labute approximate surface area is 119 Å². The van der Waals surface area contributed by atoms with Gasteiger partial charge in [0.2, 0.25) is 0 Å². The van der Waals surface area contributed by atoms with Gasteiger partial charge in [-0.25, -0.2) is 8.78 Å². The number of rotatable bonds is 5. The minimum Gasteiger partial charge on any atom is -0.435 e. The molecule has 1 atom stereocenters. The van der Waals surface area contributed by atoms with Crippen molar-refractivity contribution in [3.8, 4) is 5.75 Å². The molecule has 0 amide bonds. The van der Waals surface area contributed by atoms with Gasteiger partial charge in [-0.3, -0.25) is 0 Å². The maximum atomic E-state index is 13.6. The highest BCUT2D eigenvalue weighted by molar-refractivity contribution is 5.48. The van der Waals surface area contributed by atoms with Crippen LogP contribution in [0.5, 0.6) is 5.75 Å². The van der Waals surface area contributed by atoms with Crippen molar-refractivity contribution in [2.45, 2.75) is 19.6 Å². The lowest BCUT2D eigenvalue weighted by Gasteiger charge is -2.17. The Morgan fingerprint density at radius 3 is 2.29 bits per heavy atom. The predicted octanol–water partition coefficient (Wildman–Crippen LogP) is 4.74. The third kappa shape index (κ3) is 3.87. The van der Waals surface area contributed by atoms with Crippen LogP contribution in [0.1, 0.15) is 18.5 Å². The molecule has 0 aliphatic carbocycles. The number of hydrogen-bond acceptors (Lipinski definition) is 2. The molecule has 0 aliphatic heterocycles. The summed E-state index contributed by atoms with van der Waals surface area (Å²) < 4.78 is 55.1. The lowest BCUT2D eigenvalue weighted by Crippen LogP contribution is -2.09. The van der Waals surface area contributed by atoms with E-state index in [0.29, 0.717) is 5.69 Å². The first-order valence-electron chi connectivity index (χ1n) is 6.22. The van der Waals surface area contributed by atoms with E-state index in [4.69, 9.17) is 0 Å².